The molecule has 4 heteroatoms. The van der Waals surface area contributed by atoms with Gasteiger partial charge in [-0.05, 0) is 80.4 Å². The van der Waals surface area contributed by atoms with Crippen molar-refractivity contribution in [2.75, 3.05) is 53.4 Å². The predicted octanol–water partition coefficient (Wildman–Crippen LogP) is 7.17. The van der Waals surface area contributed by atoms with Crippen molar-refractivity contribution in [1.82, 2.24) is 9.80 Å². The monoisotopic (exact) mass is 620 g/mol. The molecule has 0 N–H and O–H groups in total. The van der Waals surface area contributed by atoms with Crippen molar-refractivity contribution in [2.24, 2.45) is 34.0 Å². The largest absolute Gasteiger partial charge is 0.662 e. The fraction of sp³-hybridized carbons (Fsp3) is 1.00. The van der Waals surface area contributed by atoms with Gasteiger partial charge in [0.15, 0.2) is 0 Å². The molecule has 0 bridgehead atoms. The molecule has 3 saturated heterocycles. The molecular formula is C28H58N3W-. The smallest absolute Gasteiger partial charge is 0.00121 e. The van der Waals surface area contributed by atoms with Crippen molar-refractivity contribution in [3.05, 3.63) is 5.32 Å². The summed E-state index contributed by atoms with van der Waals surface area (Å²) in [6.07, 6.45) is 6.82. The third-order valence-electron chi connectivity index (χ3n) is 7.96. The minimum absolute atomic E-state index is 0. The van der Waals surface area contributed by atoms with Gasteiger partial charge in [-0.15, -0.1) is 13.1 Å². The van der Waals surface area contributed by atoms with E-state index in [1.54, 1.807) is 0 Å². The summed E-state index contributed by atoms with van der Waals surface area (Å²) in [5.41, 5.74) is 1.54. The molecule has 32 heavy (non-hydrogen) atoms. The second-order valence-electron chi connectivity index (χ2n) is 13.9. The topological polar surface area (TPSA) is 20.6 Å². The molecule has 0 radical (unpaired) electrons. The summed E-state index contributed by atoms with van der Waals surface area (Å²) in [5, 5.41) is 4.34. The van der Waals surface area contributed by atoms with Crippen LogP contribution in [-0.2, 0) is 21.1 Å². The first-order chi connectivity index (χ1) is 14.1. The van der Waals surface area contributed by atoms with Gasteiger partial charge in [-0.3, -0.25) is 0 Å². The Labute approximate surface area is 217 Å². The van der Waals surface area contributed by atoms with Crippen molar-refractivity contribution < 1.29 is 21.1 Å². The zero-order valence-corrected chi connectivity index (χ0v) is 26.7. The summed E-state index contributed by atoms with van der Waals surface area (Å²) in [5.74, 6) is 2.73. The third-order valence-corrected chi connectivity index (χ3v) is 7.96. The number of piperidine rings is 2. The van der Waals surface area contributed by atoms with E-state index < -0.39 is 0 Å². The third kappa shape index (κ3) is 12.9. The fourth-order valence-electron chi connectivity index (χ4n) is 5.13. The molecule has 3 heterocycles. The molecule has 0 saturated carbocycles. The summed E-state index contributed by atoms with van der Waals surface area (Å²) in [7, 11) is 4.45. The molecule has 3 fully saturated rings. The zero-order valence-electron chi connectivity index (χ0n) is 23.8. The minimum atomic E-state index is 0. The van der Waals surface area contributed by atoms with Crippen LogP contribution in [0.4, 0.5) is 0 Å². The maximum atomic E-state index is 4.34. The molecular weight excluding hydrogens is 562 g/mol. The normalized spacial score (nSPS) is 26.3. The molecule has 0 aromatic heterocycles. The molecule has 192 valence electrons. The number of hydrogen-bond donors (Lipinski definition) is 0. The maximum Gasteiger partial charge on any atom is 0.00121 e. The van der Waals surface area contributed by atoms with E-state index in [0.29, 0.717) is 16.2 Å². The van der Waals surface area contributed by atoms with Crippen LogP contribution in [0.1, 0.15) is 94.4 Å². The van der Waals surface area contributed by atoms with Crippen LogP contribution >= 0.6 is 0 Å². The molecule has 3 aliphatic heterocycles. The summed E-state index contributed by atoms with van der Waals surface area (Å²) < 4.78 is 0. The van der Waals surface area contributed by atoms with Crippen LogP contribution in [0, 0.1) is 34.0 Å². The van der Waals surface area contributed by atoms with E-state index in [2.05, 4.69) is 91.5 Å². The van der Waals surface area contributed by atoms with Gasteiger partial charge in [0.2, 0.25) is 0 Å². The van der Waals surface area contributed by atoms with Crippen LogP contribution in [0.3, 0.4) is 0 Å². The van der Waals surface area contributed by atoms with E-state index in [-0.39, 0.29) is 21.1 Å². The van der Waals surface area contributed by atoms with Crippen LogP contribution < -0.4 is 0 Å². The van der Waals surface area contributed by atoms with Gasteiger partial charge < -0.3 is 15.1 Å². The van der Waals surface area contributed by atoms with Crippen molar-refractivity contribution >= 4 is 0 Å². The van der Waals surface area contributed by atoms with E-state index in [0.717, 1.165) is 30.8 Å². The minimum Gasteiger partial charge on any atom is -0.662 e. The summed E-state index contributed by atoms with van der Waals surface area (Å²) in [6, 6.07) is 0. The number of likely N-dealkylation sites (tertiary alicyclic amines) is 2. The SMILES string of the molecule is CC(C)(C)C1CC[N-]CC1.CN1CCC(C(C)(C)C)C1.CN1CCCC(C(C)(C)C)C1.[W]. The molecule has 3 aliphatic rings. The Morgan fingerprint density at radius 3 is 1.25 bits per heavy atom. The van der Waals surface area contributed by atoms with Crippen LogP contribution in [0.2, 0.25) is 0 Å². The summed E-state index contributed by atoms with van der Waals surface area (Å²) in [4.78, 5) is 4.88. The van der Waals surface area contributed by atoms with Gasteiger partial charge in [0.25, 0.3) is 0 Å². The Hall–Kier alpha value is 0.568. The Bertz CT molecular complexity index is 466. The standard InChI is InChI=1S/C10H21N.C9H19N.C9H18N.W/c1-10(2,3)9-6-5-7-11(4)8-9;1-9(2,3)8-5-6-10(4)7-8;1-9(2,3)8-4-6-10-7-5-8;/h9H,5-8H2,1-4H3;8H,5-7H2,1-4H3;8H,4-7H2,1-3H3;/q;;-1;. The van der Waals surface area contributed by atoms with E-state index in [9.17, 15) is 0 Å². The molecule has 3 rings (SSSR count). The van der Waals surface area contributed by atoms with Gasteiger partial charge in [-0.1, -0.05) is 75.2 Å². The number of rotatable bonds is 0. The Morgan fingerprint density at radius 1 is 0.562 bits per heavy atom. The first kappa shape index (κ1) is 32.6. The molecule has 0 amide bonds. The van der Waals surface area contributed by atoms with E-state index >= 15 is 0 Å². The van der Waals surface area contributed by atoms with Crippen LogP contribution in [-0.4, -0.2) is 63.2 Å². The molecule has 0 aliphatic carbocycles. The van der Waals surface area contributed by atoms with Crippen molar-refractivity contribution in [2.45, 2.75) is 94.4 Å². The van der Waals surface area contributed by atoms with E-state index in [1.807, 2.05) is 0 Å². The predicted molar refractivity (Wildman–Crippen MR) is 140 cm³/mol. The summed E-state index contributed by atoms with van der Waals surface area (Å²) >= 11 is 0. The summed E-state index contributed by atoms with van der Waals surface area (Å²) in [6.45, 7) is 28.5. The molecule has 3 nitrogen and oxygen atoms in total. The number of hydrogen-bond acceptors (Lipinski definition) is 2. The van der Waals surface area contributed by atoms with Crippen molar-refractivity contribution in [3.63, 3.8) is 0 Å². The Kier molecular flexibility index (Phi) is 14.5. The second-order valence-corrected chi connectivity index (χ2v) is 13.9. The second kappa shape index (κ2) is 14.2. The molecule has 2 atom stereocenters. The number of nitrogens with zero attached hydrogens (tertiary/aromatic N) is 3. The van der Waals surface area contributed by atoms with Crippen molar-refractivity contribution in [1.29, 1.82) is 0 Å². The van der Waals surface area contributed by atoms with Gasteiger partial charge >= 0.3 is 0 Å². The van der Waals surface area contributed by atoms with Crippen LogP contribution in [0.5, 0.6) is 0 Å². The van der Waals surface area contributed by atoms with Crippen LogP contribution in [0.25, 0.3) is 5.32 Å². The van der Waals surface area contributed by atoms with Gasteiger partial charge in [0.1, 0.15) is 0 Å². The van der Waals surface area contributed by atoms with Gasteiger partial charge in [0, 0.05) is 34.2 Å². The molecule has 0 aromatic carbocycles. The first-order valence-corrected chi connectivity index (χ1v) is 13.1. The molecule has 0 aromatic rings. The van der Waals surface area contributed by atoms with Crippen LogP contribution in [0.15, 0.2) is 0 Å². The zero-order chi connectivity index (χ0) is 23.9. The van der Waals surface area contributed by atoms with Gasteiger partial charge in [0.05, 0.1) is 0 Å². The average Bonchev–Trinajstić information content (AvgIpc) is 3.09. The first-order valence-electron chi connectivity index (χ1n) is 13.1. The fourth-order valence-corrected chi connectivity index (χ4v) is 5.13. The van der Waals surface area contributed by atoms with E-state index in [1.165, 1.54) is 58.3 Å². The Morgan fingerprint density at radius 2 is 0.969 bits per heavy atom. The molecule has 0 spiro atoms. The van der Waals surface area contributed by atoms with E-state index in [4.69, 9.17) is 0 Å². The van der Waals surface area contributed by atoms with Gasteiger partial charge in [-0.25, -0.2) is 0 Å². The Balaban J connectivity index is 0.000000444. The average molecular weight is 621 g/mol. The van der Waals surface area contributed by atoms with Crippen molar-refractivity contribution in [3.8, 4) is 0 Å². The van der Waals surface area contributed by atoms with Gasteiger partial charge in [-0.2, -0.15) is 0 Å². The molecule has 2 unspecified atom stereocenters. The quantitative estimate of drug-likeness (QED) is 0.286. The maximum absolute atomic E-state index is 4.34.